The molecular weight excluding hydrogens is 740 g/mol. The number of benzene rings is 5. The molecule has 0 aliphatic heterocycles. The van der Waals surface area contributed by atoms with E-state index in [-0.39, 0.29) is 39.7 Å². The molecule has 0 bridgehead atoms. The Morgan fingerprint density at radius 1 is 0.604 bits per heavy atom. The summed E-state index contributed by atoms with van der Waals surface area (Å²) in [7, 11) is -4.49. The van der Waals surface area contributed by atoms with Crippen LogP contribution >= 0.6 is 0 Å². The number of carbonyl (C=O) groups is 2. The molecule has 0 aliphatic carbocycles. The lowest BCUT2D eigenvalue weighted by molar-refractivity contribution is 0.100. The van der Waals surface area contributed by atoms with Crippen molar-refractivity contribution in [3.63, 3.8) is 0 Å². The van der Waals surface area contributed by atoms with Crippen LogP contribution in [0.15, 0.2) is 54.6 Å². The van der Waals surface area contributed by atoms with E-state index in [1.165, 1.54) is 56.3 Å². The van der Waals surface area contributed by atoms with Crippen LogP contribution in [0.4, 0.5) is 35.1 Å². The largest absolute Gasteiger partial charge is 0.457 e. The summed E-state index contributed by atoms with van der Waals surface area (Å²) in [5.74, 6) is -23.5. The minimum Gasteiger partial charge on any atom is -0.457 e. The smallest absolute Gasteiger partial charge is 0.269 e. The first-order chi connectivity index (χ1) is 24.7. The number of carbonyl (C=O) groups excluding carboxylic acids is 2. The summed E-state index contributed by atoms with van der Waals surface area (Å²) in [5, 5.41) is 0. The highest BCUT2D eigenvalue weighted by molar-refractivity contribution is 7.85. The summed E-state index contributed by atoms with van der Waals surface area (Å²) in [4.78, 5) is 24.5. The normalized spacial score (nSPS) is 11.5. The first-order valence-electron chi connectivity index (χ1n) is 15.1. The molecular formula is C37H24F8O7S. The second-order valence-electron chi connectivity index (χ2n) is 11.8. The summed E-state index contributed by atoms with van der Waals surface area (Å²) in [6, 6.07) is 13.0. The minimum absolute atomic E-state index is 0.0311. The molecule has 0 atom stereocenters. The molecule has 5 rings (SSSR count). The standard InChI is InChI=1S/C37H24F8O7S/c1-15-11-20(6-8-23(15)51-25-10-5-19(18(4)46)13-22(25)14-53(48,49)50)21-7-9-24(16(2)12-21)52-37-34(44)32(42)27(33(43)35(37)45)36(47)26-30(40)28(38)17(3)29(39)31(26)41/h5-13H,14H2,1-4H3,(H,48,49,50). The number of hydrogen-bond acceptors (Lipinski definition) is 6. The average Bonchev–Trinajstić information content (AvgIpc) is 3.09. The summed E-state index contributed by atoms with van der Waals surface area (Å²) >= 11 is 0. The van der Waals surface area contributed by atoms with Crippen LogP contribution in [-0.4, -0.2) is 24.5 Å². The van der Waals surface area contributed by atoms with Crippen molar-refractivity contribution >= 4 is 21.7 Å². The van der Waals surface area contributed by atoms with Gasteiger partial charge in [-0.3, -0.25) is 14.1 Å². The van der Waals surface area contributed by atoms with Gasteiger partial charge in [-0.15, -0.1) is 0 Å². The second kappa shape index (κ2) is 14.4. The van der Waals surface area contributed by atoms with Gasteiger partial charge in [-0.1, -0.05) is 12.1 Å². The third-order valence-electron chi connectivity index (χ3n) is 8.08. The minimum atomic E-state index is -4.49. The third kappa shape index (κ3) is 7.50. The molecule has 1 N–H and O–H groups in total. The summed E-state index contributed by atoms with van der Waals surface area (Å²) < 4.78 is 161. The van der Waals surface area contributed by atoms with E-state index >= 15 is 17.6 Å². The van der Waals surface area contributed by atoms with E-state index in [4.69, 9.17) is 9.47 Å². The second-order valence-corrected chi connectivity index (χ2v) is 13.3. The Balaban J connectivity index is 1.43. The van der Waals surface area contributed by atoms with Gasteiger partial charge in [0.1, 0.15) is 34.1 Å². The van der Waals surface area contributed by atoms with E-state index in [1.807, 2.05) is 0 Å². The lowest BCUT2D eigenvalue weighted by Crippen LogP contribution is -2.18. The van der Waals surface area contributed by atoms with Gasteiger partial charge in [0.25, 0.3) is 10.1 Å². The van der Waals surface area contributed by atoms with E-state index in [9.17, 15) is 40.1 Å². The van der Waals surface area contributed by atoms with Crippen molar-refractivity contribution in [3.8, 4) is 34.1 Å². The van der Waals surface area contributed by atoms with Gasteiger partial charge in [0, 0.05) is 16.7 Å². The first kappa shape index (κ1) is 38.6. The molecule has 0 spiro atoms. The molecule has 0 heterocycles. The fraction of sp³-hybridized carbons (Fsp3) is 0.135. The number of aryl methyl sites for hydroxylation is 2. The predicted octanol–water partition coefficient (Wildman–Crippen LogP) is 9.80. The summed E-state index contributed by atoms with van der Waals surface area (Å²) in [5.41, 5.74) is -3.45. The molecule has 0 aliphatic rings. The molecule has 0 radical (unpaired) electrons. The maximum absolute atomic E-state index is 15.1. The highest BCUT2D eigenvalue weighted by atomic mass is 32.2. The van der Waals surface area contributed by atoms with Gasteiger partial charge in [-0.05, 0) is 92.4 Å². The molecule has 0 aromatic heterocycles. The number of rotatable bonds is 10. The van der Waals surface area contributed by atoms with Gasteiger partial charge >= 0.3 is 0 Å². The number of ether oxygens (including phenoxy) is 2. The molecule has 276 valence electrons. The molecule has 5 aromatic carbocycles. The van der Waals surface area contributed by atoms with E-state index in [0.29, 0.717) is 23.6 Å². The molecule has 7 nitrogen and oxygen atoms in total. The van der Waals surface area contributed by atoms with Crippen LogP contribution in [0.3, 0.4) is 0 Å². The van der Waals surface area contributed by atoms with Crippen LogP contribution in [0, 0.1) is 67.3 Å². The first-order valence-corrected chi connectivity index (χ1v) is 16.7. The SMILES string of the molecule is CC(=O)c1ccc(Oc2ccc(-c3ccc(Oc4c(F)c(F)c(C(=O)c5c(F)c(F)c(C)c(F)c5F)c(F)c4F)c(C)c3)cc2C)c(CS(=O)(=O)O)c1. The Bertz CT molecular complexity index is 2420. The zero-order valence-corrected chi connectivity index (χ0v) is 28.5. The van der Waals surface area contributed by atoms with Crippen LogP contribution in [0.1, 0.15) is 55.5 Å². The molecule has 0 saturated heterocycles. The molecule has 0 saturated carbocycles. The number of halogens is 8. The van der Waals surface area contributed by atoms with E-state index in [1.54, 1.807) is 19.1 Å². The van der Waals surface area contributed by atoms with E-state index in [2.05, 4.69) is 0 Å². The summed E-state index contributed by atoms with van der Waals surface area (Å²) in [6.45, 7) is 4.97. The molecule has 0 unspecified atom stereocenters. The van der Waals surface area contributed by atoms with Gasteiger partial charge in [-0.25, -0.2) is 26.3 Å². The number of hydrogen-bond donors (Lipinski definition) is 1. The maximum atomic E-state index is 15.1. The molecule has 5 aromatic rings. The Labute approximate surface area is 296 Å². The number of Topliss-reactive ketones (excluding diaryl/α,β-unsaturated/α-hetero) is 1. The highest BCUT2D eigenvalue weighted by Gasteiger charge is 2.36. The molecule has 0 fully saturated rings. The third-order valence-corrected chi connectivity index (χ3v) is 8.76. The van der Waals surface area contributed by atoms with Gasteiger partial charge in [0.05, 0.1) is 0 Å². The van der Waals surface area contributed by atoms with Crippen molar-refractivity contribution in [1.29, 1.82) is 0 Å². The van der Waals surface area contributed by atoms with Crippen molar-refractivity contribution < 1.29 is 67.2 Å². The van der Waals surface area contributed by atoms with Crippen molar-refractivity contribution in [1.82, 2.24) is 0 Å². The van der Waals surface area contributed by atoms with Gasteiger partial charge < -0.3 is 9.47 Å². The Morgan fingerprint density at radius 3 is 1.47 bits per heavy atom. The predicted molar refractivity (Wildman–Crippen MR) is 174 cm³/mol. The van der Waals surface area contributed by atoms with Crippen LogP contribution in [0.25, 0.3) is 11.1 Å². The Morgan fingerprint density at radius 2 is 1.04 bits per heavy atom. The van der Waals surface area contributed by atoms with Crippen LogP contribution < -0.4 is 9.47 Å². The lowest BCUT2D eigenvalue weighted by Gasteiger charge is -2.16. The topological polar surface area (TPSA) is 107 Å². The molecule has 53 heavy (non-hydrogen) atoms. The summed E-state index contributed by atoms with van der Waals surface area (Å²) in [6.07, 6.45) is 0. The molecule has 0 amide bonds. The van der Waals surface area contributed by atoms with Gasteiger partial charge in [0.15, 0.2) is 40.7 Å². The fourth-order valence-corrected chi connectivity index (χ4v) is 5.91. The van der Waals surface area contributed by atoms with Crippen molar-refractivity contribution in [2.75, 3.05) is 0 Å². The molecule has 16 heteroatoms. The van der Waals surface area contributed by atoms with Crippen LogP contribution in [0.5, 0.6) is 23.0 Å². The van der Waals surface area contributed by atoms with Crippen LogP contribution in [0.2, 0.25) is 0 Å². The van der Waals surface area contributed by atoms with Crippen molar-refractivity contribution in [2.45, 2.75) is 33.4 Å². The van der Waals surface area contributed by atoms with E-state index < -0.39 is 90.6 Å². The van der Waals surface area contributed by atoms with E-state index in [0.717, 1.165) is 0 Å². The monoisotopic (exact) mass is 764 g/mol. The lowest BCUT2D eigenvalue weighted by atomic mass is 9.98. The Hall–Kier alpha value is -5.61. The van der Waals surface area contributed by atoms with Gasteiger partial charge in [-0.2, -0.15) is 17.2 Å². The number of ketones is 2. The quantitative estimate of drug-likeness (QED) is 0.0653. The van der Waals surface area contributed by atoms with Crippen LogP contribution in [-0.2, 0) is 15.9 Å². The average molecular weight is 765 g/mol. The van der Waals surface area contributed by atoms with Crippen molar-refractivity contribution in [3.05, 3.63) is 140 Å². The zero-order chi connectivity index (χ0) is 39.3. The van der Waals surface area contributed by atoms with Gasteiger partial charge in [0.2, 0.25) is 23.2 Å². The fourth-order valence-electron chi connectivity index (χ4n) is 5.29. The maximum Gasteiger partial charge on any atom is 0.269 e. The highest BCUT2D eigenvalue weighted by Crippen LogP contribution is 2.38. The Kier molecular flexibility index (Phi) is 10.5. The van der Waals surface area contributed by atoms with Crippen molar-refractivity contribution in [2.24, 2.45) is 0 Å². The zero-order valence-electron chi connectivity index (χ0n) is 27.7.